The van der Waals surface area contributed by atoms with Crippen LogP contribution in [0.1, 0.15) is 22.7 Å². The van der Waals surface area contributed by atoms with Crippen molar-refractivity contribution in [1.29, 1.82) is 0 Å². The standard InChI is InChI=1S/C15H15BrFNO/c1-9-4-3-5-11(14(9)17)15(18)12-8-10(16)6-7-13(12)19-2/h3-8,15H,18H2,1-2H3. The first-order chi connectivity index (χ1) is 9.04. The zero-order chi connectivity index (χ0) is 14.0. The molecule has 0 amide bonds. The zero-order valence-electron chi connectivity index (χ0n) is 10.8. The lowest BCUT2D eigenvalue weighted by atomic mass is 9.97. The van der Waals surface area contributed by atoms with Crippen LogP contribution in [0.25, 0.3) is 0 Å². The van der Waals surface area contributed by atoms with Gasteiger partial charge in [-0.15, -0.1) is 0 Å². The smallest absolute Gasteiger partial charge is 0.131 e. The van der Waals surface area contributed by atoms with E-state index in [1.54, 1.807) is 32.2 Å². The number of halogens is 2. The Labute approximate surface area is 120 Å². The Morgan fingerprint density at radius 2 is 1.95 bits per heavy atom. The Bertz CT molecular complexity index is 601. The maximum Gasteiger partial charge on any atom is 0.131 e. The lowest BCUT2D eigenvalue weighted by Crippen LogP contribution is -2.15. The van der Waals surface area contributed by atoms with Crippen LogP contribution in [0.15, 0.2) is 40.9 Å². The summed E-state index contributed by atoms with van der Waals surface area (Å²) >= 11 is 3.39. The molecule has 2 aromatic carbocycles. The van der Waals surface area contributed by atoms with Gasteiger partial charge in [-0.3, -0.25) is 0 Å². The van der Waals surface area contributed by atoms with Crippen LogP contribution < -0.4 is 10.5 Å². The molecule has 0 radical (unpaired) electrons. The molecule has 1 atom stereocenters. The van der Waals surface area contributed by atoms with Crippen molar-refractivity contribution in [2.45, 2.75) is 13.0 Å². The van der Waals surface area contributed by atoms with Gasteiger partial charge in [0.2, 0.25) is 0 Å². The van der Waals surface area contributed by atoms with Gasteiger partial charge < -0.3 is 10.5 Å². The van der Waals surface area contributed by atoms with Crippen molar-refractivity contribution >= 4 is 15.9 Å². The highest BCUT2D eigenvalue weighted by Crippen LogP contribution is 2.32. The minimum absolute atomic E-state index is 0.267. The molecule has 0 aromatic heterocycles. The van der Waals surface area contributed by atoms with E-state index in [0.717, 1.165) is 10.0 Å². The molecule has 4 heteroatoms. The van der Waals surface area contributed by atoms with Crippen molar-refractivity contribution < 1.29 is 9.13 Å². The Hall–Kier alpha value is -1.39. The van der Waals surface area contributed by atoms with Gasteiger partial charge in [0, 0.05) is 15.6 Å². The second-order valence-corrected chi connectivity index (χ2v) is 5.26. The van der Waals surface area contributed by atoms with Gasteiger partial charge in [-0.25, -0.2) is 4.39 Å². The number of ether oxygens (including phenoxy) is 1. The molecule has 0 saturated heterocycles. The van der Waals surface area contributed by atoms with Crippen LogP contribution in [0.4, 0.5) is 4.39 Å². The van der Waals surface area contributed by atoms with Crippen LogP contribution in [0.3, 0.4) is 0 Å². The monoisotopic (exact) mass is 323 g/mol. The molecular formula is C15H15BrFNO. The predicted octanol–water partition coefficient (Wildman–Crippen LogP) is 3.95. The molecule has 2 rings (SSSR count). The summed E-state index contributed by atoms with van der Waals surface area (Å²) in [7, 11) is 1.58. The number of hydrogen-bond acceptors (Lipinski definition) is 2. The second kappa shape index (κ2) is 5.72. The zero-order valence-corrected chi connectivity index (χ0v) is 12.4. The van der Waals surface area contributed by atoms with E-state index in [2.05, 4.69) is 15.9 Å². The molecular weight excluding hydrogens is 309 g/mol. The SMILES string of the molecule is COc1ccc(Br)cc1C(N)c1cccc(C)c1F. The quantitative estimate of drug-likeness (QED) is 0.928. The van der Waals surface area contributed by atoms with E-state index >= 15 is 0 Å². The highest BCUT2D eigenvalue weighted by atomic mass is 79.9. The Morgan fingerprint density at radius 3 is 2.63 bits per heavy atom. The molecule has 2 aromatic rings. The summed E-state index contributed by atoms with van der Waals surface area (Å²) in [5.41, 5.74) is 8.00. The summed E-state index contributed by atoms with van der Waals surface area (Å²) in [6, 6.07) is 10.2. The lowest BCUT2D eigenvalue weighted by molar-refractivity contribution is 0.407. The molecule has 0 heterocycles. The van der Waals surface area contributed by atoms with Crippen molar-refractivity contribution in [3.8, 4) is 5.75 Å². The topological polar surface area (TPSA) is 35.2 Å². The molecule has 0 bridgehead atoms. The first-order valence-electron chi connectivity index (χ1n) is 5.88. The fraction of sp³-hybridized carbons (Fsp3) is 0.200. The van der Waals surface area contributed by atoms with Gasteiger partial charge in [-0.1, -0.05) is 34.1 Å². The average Bonchev–Trinajstić information content (AvgIpc) is 2.41. The first-order valence-corrected chi connectivity index (χ1v) is 6.68. The average molecular weight is 324 g/mol. The first kappa shape index (κ1) is 14.0. The van der Waals surface area contributed by atoms with E-state index in [4.69, 9.17) is 10.5 Å². The third-order valence-electron chi connectivity index (χ3n) is 3.08. The third-order valence-corrected chi connectivity index (χ3v) is 3.58. The minimum Gasteiger partial charge on any atom is -0.496 e. The summed E-state index contributed by atoms with van der Waals surface area (Å²) < 4.78 is 20.3. The summed E-state index contributed by atoms with van der Waals surface area (Å²) in [5, 5.41) is 0. The lowest BCUT2D eigenvalue weighted by Gasteiger charge is -2.18. The largest absolute Gasteiger partial charge is 0.496 e. The van der Waals surface area contributed by atoms with E-state index in [1.165, 1.54) is 0 Å². The van der Waals surface area contributed by atoms with Gasteiger partial charge in [0.1, 0.15) is 11.6 Å². The van der Waals surface area contributed by atoms with E-state index in [0.29, 0.717) is 16.9 Å². The third kappa shape index (κ3) is 2.80. The van der Waals surface area contributed by atoms with Gasteiger partial charge in [0.25, 0.3) is 0 Å². The van der Waals surface area contributed by atoms with Gasteiger partial charge in [0.05, 0.1) is 13.2 Å². The number of benzene rings is 2. The highest BCUT2D eigenvalue weighted by Gasteiger charge is 2.18. The van der Waals surface area contributed by atoms with Crippen molar-refractivity contribution in [3.05, 3.63) is 63.4 Å². The summed E-state index contributed by atoms with van der Waals surface area (Å²) in [5.74, 6) is 0.383. The summed E-state index contributed by atoms with van der Waals surface area (Å²) in [6.07, 6.45) is 0. The predicted molar refractivity (Wildman–Crippen MR) is 77.9 cm³/mol. The number of nitrogens with two attached hydrogens (primary N) is 1. The van der Waals surface area contributed by atoms with Crippen LogP contribution in [0, 0.1) is 12.7 Å². The van der Waals surface area contributed by atoms with Crippen LogP contribution >= 0.6 is 15.9 Å². The molecule has 0 fully saturated rings. The van der Waals surface area contributed by atoms with Crippen LogP contribution in [0.2, 0.25) is 0 Å². The Balaban J connectivity index is 2.52. The molecule has 0 saturated carbocycles. The van der Waals surface area contributed by atoms with Gasteiger partial charge >= 0.3 is 0 Å². The Kier molecular flexibility index (Phi) is 4.22. The van der Waals surface area contributed by atoms with Crippen LogP contribution in [-0.2, 0) is 0 Å². The molecule has 2 nitrogen and oxygen atoms in total. The molecule has 19 heavy (non-hydrogen) atoms. The Morgan fingerprint density at radius 1 is 1.21 bits per heavy atom. The van der Waals surface area contributed by atoms with Crippen molar-refractivity contribution in [2.75, 3.05) is 7.11 Å². The molecule has 0 spiro atoms. The van der Waals surface area contributed by atoms with Gasteiger partial charge in [-0.2, -0.15) is 0 Å². The van der Waals surface area contributed by atoms with E-state index in [1.807, 2.05) is 18.2 Å². The molecule has 0 aliphatic heterocycles. The van der Waals surface area contributed by atoms with Crippen molar-refractivity contribution in [2.24, 2.45) is 5.73 Å². The summed E-state index contributed by atoms with van der Waals surface area (Å²) in [6.45, 7) is 1.73. The maximum atomic E-state index is 14.1. The maximum absolute atomic E-state index is 14.1. The van der Waals surface area contributed by atoms with E-state index < -0.39 is 6.04 Å². The fourth-order valence-electron chi connectivity index (χ4n) is 2.03. The molecule has 100 valence electrons. The second-order valence-electron chi connectivity index (χ2n) is 4.34. The number of rotatable bonds is 3. The van der Waals surface area contributed by atoms with Crippen molar-refractivity contribution in [3.63, 3.8) is 0 Å². The van der Waals surface area contributed by atoms with E-state index in [-0.39, 0.29) is 5.82 Å². The fourth-order valence-corrected chi connectivity index (χ4v) is 2.40. The van der Waals surface area contributed by atoms with Gasteiger partial charge in [0.15, 0.2) is 0 Å². The molecule has 0 aliphatic carbocycles. The highest BCUT2D eigenvalue weighted by molar-refractivity contribution is 9.10. The van der Waals surface area contributed by atoms with Crippen molar-refractivity contribution in [1.82, 2.24) is 0 Å². The molecule has 0 aliphatic rings. The minimum atomic E-state index is -0.563. The van der Waals surface area contributed by atoms with Crippen LogP contribution in [0.5, 0.6) is 5.75 Å². The number of methoxy groups -OCH3 is 1. The number of aryl methyl sites for hydroxylation is 1. The van der Waals surface area contributed by atoms with E-state index in [9.17, 15) is 4.39 Å². The van der Waals surface area contributed by atoms with Crippen LogP contribution in [-0.4, -0.2) is 7.11 Å². The summed E-state index contributed by atoms with van der Waals surface area (Å²) in [4.78, 5) is 0. The molecule has 2 N–H and O–H groups in total. The molecule has 1 unspecified atom stereocenters. The van der Waals surface area contributed by atoms with Gasteiger partial charge in [-0.05, 0) is 30.7 Å². The number of hydrogen-bond donors (Lipinski definition) is 1. The normalized spacial score (nSPS) is 12.3.